The molecule has 0 saturated heterocycles. The Morgan fingerprint density at radius 3 is 2.21 bits per heavy atom. The minimum Gasteiger partial charge on any atom is -0.481 e. The van der Waals surface area contributed by atoms with E-state index < -0.39 is 23.6 Å². The number of carboxylic acid groups (broad SMARTS) is 1. The van der Waals surface area contributed by atoms with Crippen LogP contribution in [0.2, 0.25) is 0 Å². The van der Waals surface area contributed by atoms with E-state index in [1.807, 2.05) is 13.8 Å². The van der Waals surface area contributed by atoms with Crippen LogP contribution in [0, 0.1) is 11.6 Å². The Labute approximate surface area is 111 Å². The van der Waals surface area contributed by atoms with Gasteiger partial charge in [0.15, 0.2) is 0 Å². The number of halogens is 2. The molecule has 5 heteroatoms. The van der Waals surface area contributed by atoms with Gasteiger partial charge in [0.25, 0.3) is 0 Å². The van der Waals surface area contributed by atoms with Crippen molar-refractivity contribution in [1.82, 2.24) is 4.90 Å². The highest BCUT2D eigenvalue weighted by atomic mass is 19.1. The molecule has 1 rings (SSSR count). The molecular formula is C14H19F2NO2. The van der Waals surface area contributed by atoms with Crippen molar-refractivity contribution in [3.05, 3.63) is 35.4 Å². The van der Waals surface area contributed by atoms with Crippen LogP contribution >= 0.6 is 0 Å². The molecule has 19 heavy (non-hydrogen) atoms. The van der Waals surface area contributed by atoms with Crippen LogP contribution < -0.4 is 0 Å². The van der Waals surface area contributed by atoms with Crippen LogP contribution in [0.25, 0.3) is 0 Å². The van der Waals surface area contributed by atoms with Crippen molar-refractivity contribution >= 4 is 5.97 Å². The van der Waals surface area contributed by atoms with E-state index in [1.54, 1.807) is 11.8 Å². The number of carbonyl (C=O) groups is 1. The molecule has 0 amide bonds. The quantitative estimate of drug-likeness (QED) is 0.863. The number of hydrogen-bond acceptors (Lipinski definition) is 2. The maximum absolute atomic E-state index is 13.7. The van der Waals surface area contributed by atoms with Crippen molar-refractivity contribution in [2.75, 3.05) is 6.54 Å². The first kappa shape index (κ1) is 15.6. The van der Waals surface area contributed by atoms with Crippen molar-refractivity contribution < 1.29 is 18.7 Å². The molecule has 0 aromatic heterocycles. The lowest BCUT2D eigenvalue weighted by Crippen LogP contribution is -2.36. The van der Waals surface area contributed by atoms with Crippen molar-refractivity contribution in [2.24, 2.45) is 0 Å². The van der Waals surface area contributed by atoms with E-state index in [9.17, 15) is 13.6 Å². The largest absolute Gasteiger partial charge is 0.481 e. The predicted molar refractivity (Wildman–Crippen MR) is 68.9 cm³/mol. The van der Waals surface area contributed by atoms with E-state index in [2.05, 4.69) is 0 Å². The van der Waals surface area contributed by atoms with Crippen LogP contribution in [0.15, 0.2) is 18.2 Å². The van der Waals surface area contributed by atoms with Crippen molar-refractivity contribution in [3.63, 3.8) is 0 Å². The molecule has 106 valence electrons. The zero-order valence-electron chi connectivity index (χ0n) is 11.4. The van der Waals surface area contributed by atoms with Gasteiger partial charge in [-0.1, -0.05) is 6.07 Å². The first-order valence-electron chi connectivity index (χ1n) is 6.26. The Morgan fingerprint density at radius 1 is 1.26 bits per heavy atom. The van der Waals surface area contributed by atoms with Gasteiger partial charge in [0.2, 0.25) is 0 Å². The standard InChI is InChI=1S/C14H19F2NO2/c1-9(2)17(8-7-13(18)19)10(3)14-11(15)5-4-6-12(14)16/h4-6,9-10H,7-8H2,1-3H3,(H,18,19). The molecule has 0 aliphatic heterocycles. The third-order valence-electron chi connectivity index (χ3n) is 3.16. The number of benzene rings is 1. The molecule has 1 N–H and O–H groups in total. The molecule has 0 fully saturated rings. The lowest BCUT2D eigenvalue weighted by Gasteiger charge is -2.32. The predicted octanol–water partition coefficient (Wildman–Crippen LogP) is 3.21. The van der Waals surface area contributed by atoms with E-state index in [0.29, 0.717) is 0 Å². The van der Waals surface area contributed by atoms with E-state index in [-0.39, 0.29) is 24.6 Å². The van der Waals surface area contributed by atoms with Gasteiger partial charge in [0.1, 0.15) is 11.6 Å². The first-order chi connectivity index (χ1) is 8.84. The zero-order valence-corrected chi connectivity index (χ0v) is 11.4. The van der Waals surface area contributed by atoms with E-state index in [4.69, 9.17) is 5.11 Å². The summed E-state index contributed by atoms with van der Waals surface area (Å²) in [6.45, 7) is 5.68. The van der Waals surface area contributed by atoms with Crippen LogP contribution in [0.1, 0.15) is 38.8 Å². The van der Waals surface area contributed by atoms with Gasteiger partial charge < -0.3 is 5.11 Å². The molecule has 3 nitrogen and oxygen atoms in total. The molecular weight excluding hydrogens is 252 g/mol. The SMILES string of the molecule is CC(C)N(CCC(=O)O)C(C)c1c(F)cccc1F. The highest BCUT2D eigenvalue weighted by Crippen LogP contribution is 2.27. The van der Waals surface area contributed by atoms with Crippen LogP contribution in [-0.2, 0) is 4.79 Å². The fourth-order valence-corrected chi connectivity index (χ4v) is 2.20. The van der Waals surface area contributed by atoms with E-state index >= 15 is 0 Å². The Bertz CT molecular complexity index is 429. The van der Waals surface area contributed by atoms with Gasteiger partial charge in [-0.15, -0.1) is 0 Å². The van der Waals surface area contributed by atoms with Crippen LogP contribution in [-0.4, -0.2) is 28.6 Å². The fraction of sp³-hybridized carbons (Fsp3) is 0.500. The second kappa shape index (κ2) is 6.61. The maximum atomic E-state index is 13.7. The minimum atomic E-state index is -0.924. The molecule has 0 aliphatic carbocycles. The third kappa shape index (κ3) is 3.99. The van der Waals surface area contributed by atoms with Crippen LogP contribution in [0.5, 0.6) is 0 Å². The molecule has 0 heterocycles. The Hall–Kier alpha value is -1.49. The van der Waals surface area contributed by atoms with Crippen LogP contribution in [0.3, 0.4) is 0 Å². The van der Waals surface area contributed by atoms with Gasteiger partial charge in [-0.25, -0.2) is 8.78 Å². The third-order valence-corrected chi connectivity index (χ3v) is 3.16. The molecule has 1 unspecified atom stereocenters. The Balaban J connectivity index is 2.99. The van der Waals surface area contributed by atoms with Gasteiger partial charge in [-0.3, -0.25) is 9.69 Å². The monoisotopic (exact) mass is 271 g/mol. The van der Waals surface area contributed by atoms with Gasteiger partial charge in [0, 0.05) is 24.2 Å². The average Bonchev–Trinajstić information content (AvgIpc) is 2.27. The number of nitrogens with zero attached hydrogens (tertiary/aromatic N) is 1. The summed E-state index contributed by atoms with van der Waals surface area (Å²) in [5.41, 5.74) is -0.0124. The number of carboxylic acids is 1. The Morgan fingerprint density at radius 2 is 1.79 bits per heavy atom. The molecule has 0 radical (unpaired) electrons. The molecule has 0 spiro atoms. The highest BCUT2D eigenvalue weighted by molar-refractivity contribution is 5.66. The fourth-order valence-electron chi connectivity index (χ4n) is 2.20. The van der Waals surface area contributed by atoms with E-state index in [0.717, 1.165) is 0 Å². The summed E-state index contributed by atoms with van der Waals surface area (Å²) in [5, 5.41) is 8.73. The Kier molecular flexibility index (Phi) is 5.42. The molecule has 1 aromatic carbocycles. The molecule has 1 atom stereocenters. The zero-order chi connectivity index (χ0) is 14.6. The first-order valence-corrected chi connectivity index (χ1v) is 6.26. The van der Waals surface area contributed by atoms with Crippen molar-refractivity contribution in [2.45, 2.75) is 39.3 Å². The molecule has 0 saturated carbocycles. The molecule has 1 aromatic rings. The number of aliphatic carboxylic acids is 1. The number of rotatable bonds is 6. The van der Waals surface area contributed by atoms with Crippen molar-refractivity contribution in [3.8, 4) is 0 Å². The summed E-state index contributed by atoms with van der Waals surface area (Å²) in [6, 6.07) is 3.22. The maximum Gasteiger partial charge on any atom is 0.304 e. The van der Waals surface area contributed by atoms with E-state index in [1.165, 1.54) is 18.2 Å². The topological polar surface area (TPSA) is 40.5 Å². The summed E-state index contributed by atoms with van der Waals surface area (Å²) in [6.07, 6.45) is -0.0570. The summed E-state index contributed by atoms with van der Waals surface area (Å²) in [7, 11) is 0. The lowest BCUT2D eigenvalue weighted by molar-refractivity contribution is -0.137. The second-order valence-electron chi connectivity index (χ2n) is 4.79. The van der Waals surface area contributed by atoms with Crippen molar-refractivity contribution in [1.29, 1.82) is 0 Å². The highest BCUT2D eigenvalue weighted by Gasteiger charge is 2.24. The lowest BCUT2D eigenvalue weighted by atomic mass is 10.0. The van der Waals surface area contributed by atoms with Gasteiger partial charge >= 0.3 is 5.97 Å². The van der Waals surface area contributed by atoms with Gasteiger partial charge in [-0.2, -0.15) is 0 Å². The average molecular weight is 271 g/mol. The smallest absolute Gasteiger partial charge is 0.304 e. The molecule has 0 aliphatic rings. The second-order valence-corrected chi connectivity index (χ2v) is 4.79. The minimum absolute atomic E-state index is 0.00615. The molecule has 0 bridgehead atoms. The van der Waals surface area contributed by atoms with Gasteiger partial charge in [0.05, 0.1) is 6.42 Å². The summed E-state index contributed by atoms with van der Waals surface area (Å²) in [5.74, 6) is -2.13. The number of hydrogen-bond donors (Lipinski definition) is 1. The summed E-state index contributed by atoms with van der Waals surface area (Å²) in [4.78, 5) is 12.4. The van der Waals surface area contributed by atoms with Gasteiger partial charge in [-0.05, 0) is 32.9 Å². The summed E-state index contributed by atoms with van der Waals surface area (Å²) < 4.78 is 27.5. The summed E-state index contributed by atoms with van der Waals surface area (Å²) >= 11 is 0. The normalized spacial score (nSPS) is 13.0. The van der Waals surface area contributed by atoms with Crippen LogP contribution in [0.4, 0.5) is 8.78 Å².